The van der Waals surface area contributed by atoms with Crippen molar-refractivity contribution in [1.82, 2.24) is 4.31 Å². The molecule has 1 heterocycles. The summed E-state index contributed by atoms with van der Waals surface area (Å²) in [4.78, 5) is 11.4. The molecular weight excluding hydrogens is 290 g/mol. The zero-order chi connectivity index (χ0) is 15.8. The Morgan fingerprint density at radius 1 is 1.29 bits per heavy atom. The third kappa shape index (κ3) is 3.03. The summed E-state index contributed by atoms with van der Waals surface area (Å²) in [5.41, 5.74) is 13.2. The van der Waals surface area contributed by atoms with E-state index in [2.05, 4.69) is 0 Å². The molecule has 0 saturated carbocycles. The van der Waals surface area contributed by atoms with Crippen LogP contribution in [0.4, 0.5) is 5.69 Å². The van der Waals surface area contributed by atoms with Crippen LogP contribution in [0, 0.1) is 19.8 Å². The number of nitrogens with two attached hydrogens (primary N) is 2. The Bertz CT molecular complexity index is 670. The van der Waals surface area contributed by atoms with E-state index < -0.39 is 21.8 Å². The minimum absolute atomic E-state index is 0.107. The number of hydrogen-bond acceptors (Lipinski definition) is 4. The lowest BCUT2D eigenvalue weighted by atomic mass is 9.99. The van der Waals surface area contributed by atoms with E-state index in [1.165, 1.54) is 4.31 Å². The summed E-state index contributed by atoms with van der Waals surface area (Å²) < 4.78 is 26.8. The molecule has 0 spiro atoms. The Hall–Kier alpha value is -1.60. The van der Waals surface area contributed by atoms with E-state index in [-0.39, 0.29) is 17.1 Å². The SMILES string of the molecule is Cc1cc(N)c(S(=O)(=O)N2CCCC(C(N)=O)C2)cc1C. The van der Waals surface area contributed by atoms with Crippen LogP contribution in [0.25, 0.3) is 0 Å². The minimum atomic E-state index is -3.70. The largest absolute Gasteiger partial charge is 0.398 e. The van der Waals surface area contributed by atoms with Crippen LogP contribution in [0.1, 0.15) is 24.0 Å². The first-order valence-corrected chi connectivity index (χ1v) is 8.33. The standard InChI is InChI=1S/C14H21N3O3S/c1-9-6-12(15)13(7-10(9)2)21(19,20)17-5-3-4-11(8-17)14(16)18/h6-7,11H,3-5,8,15H2,1-2H3,(H2,16,18). The molecular formula is C14H21N3O3S. The van der Waals surface area contributed by atoms with Gasteiger partial charge in [0.25, 0.3) is 0 Å². The van der Waals surface area contributed by atoms with Gasteiger partial charge in [0, 0.05) is 13.1 Å². The van der Waals surface area contributed by atoms with Crippen molar-refractivity contribution in [2.75, 3.05) is 18.8 Å². The Kier molecular flexibility index (Phi) is 4.25. The van der Waals surface area contributed by atoms with Crippen molar-refractivity contribution >= 4 is 21.6 Å². The van der Waals surface area contributed by atoms with E-state index in [4.69, 9.17) is 11.5 Å². The summed E-state index contributed by atoms with van der Waals surface area (Å²) in [7, 11) is -3.70. The van der Waals surface area contributed by atoms with Crippen LogP contribution in [-0.4, -0.2) is 31.7 Å². The van der Waals surface area contributed by atoms with Crippen LogP contribution in [0.5, 0.6) is 0 Å². The number of amides is 1. The van der Waals surface area contributed by atoms with E-state index in [1.807, 2.05) is 13.8 Å². The highest BCUT2D eigenvalue weighted by atomic mass is 32.2. The maximum atomic E-state index is 12.7. The van der Waals surface area contributed by atoms with Gasteiger partial charge in [-0.05, 0) is 49.9 Å². The number of carbonyl (C=O) groups is 1. The molecule has 0 radical (unpaired) electrons. The van der Waals surface area contributed by atoms with E-state index in [1.54, 1.807) is 12.1 Å². The van der Waals surface area contributed by atoms with E-state index in [0.717, 1.165) is 11.1 Å². The molecule has 1 atom stereocenters. The summed E-state index contributed by atoms with van der Waals surface area (Å²) >= 11 is 0. The predicted octanol–water partition coefficient (Wildman–Crippen LogP) is 0.772. The van der Waals surface area contributed by atoms with Gasteiger partial charge in [-0.1, -0.05) is 0 Å². The first-order valence-electron chi connectivity index (χ1n) is 6.89. The summed E-state index contributed by atoms with van der Waals surface area (Å²) in [6, 6.07) is 3.26. The van der Waals surface area contributed by atoms with Gasteiger partial charge in [-0.15, -0.1) is 0 Å². The van der Waals surface area contributed by atoms with Crippen molar-refractivity contribution in [1.29, 1.82) is 0 Å². The summed E-state index contributed by atoms with van der Waals surface area (Å²) in [5, 5.41) is 0. The lowest BCUT2D eigenvalue weighted by molar-refractivity contribution is -0.122. The zero-order valence-electron chi connectivity index (χ0n) is 12.3. The van der Waals surface area contributed by atoms with Crippen molar-refractivity contribution in [3.63, 3.8) is 0 Å². The number of rotatable bonds is 3. The molecule has 116 valence electrons. The molecule has 7 heteroatoms. The van der Waals surface area contributed by atoms with Gasteiger partial charge in [-0.3, -0.25) is 4.79 Å². The van der Waals surface area contributed by atoms with Crippen LogP contribution in [-0.2, 0) is 14.8 Å². The fourth-order valence-electron chi connectivity index (χ4n) is 2.57. The molecule has 2 rings (SSSR count). The van der Waals surface area contributed by atoms with Gasteiger partial charge in [0.1, 0.15) is 4.90 Å². The van der Waals surface area contributed by atoms with Gasteiger partial charge in [0.2, 0.25) is 15.9 Å². The maximum absolute atomic E-state index is 12.7. The van der Waals surface area contributed by atoms with Gasteiger partial charge in [-0.25, -0.2) is 8.42 Å². The van der Waals surface area contributed by atoms with E-state index in [0.29, 0.717) is 19.4 Å². The van der Waals surface area contributed by atoms with Crippen LogP contribution in [0.15, 0.2) is 17.0 Å². The number of anilines is 1. The van der Waals surface area contributed by atoms with Crippen molar-refractivity contribution in [2.24, 2.45) is 11.7 Å². The fraction of sp³-hybridized carbons (Fsp3) is 0.500. The second-order valence-electron chi connectivity index (χ2n) is 5.58. The van der Waals surface area contributed by atoms with Gasteiger partial charge < -0.3 is 11.5 Å². The molecule has 1 unspecified atom stereocenters. The average Bonchev–Trinajstić information content (AvgIpc) is 2.42. The number of aryl methyl sites for hydroxylation is 2. The smallest absolute Gasteiger partial charge is 0.245 e. The number of sulfonamides is 1. The maximum Gasteiger partial charge on any atom is 0.245 e. The number of primary amides is 1. The molecule has 1 aromatic carbocycles. The van der Waals surface area contributed by atoms with Crippen LogP contribution in [0.3, 0.4) is 0 Å². The molecule has 21 heavy (non-hydrogen) atoms. The molecule has 1 aliphatic heterocycles. The molecule has 0 bridgehead atoms. The third-order valence-corrected chi connectivity index (χ3v) is 5.95. The number of nitrogen functional groups attached to an aromatic ring is 1. The van der Waals surface area contributed by atoms with Gasteiger partial charge >= 0.3 is 0 Å². The lowest BCUT2D eigenvalue weighted by Crippen LogP contribution is -2.44. The number of piperidine rings is 1. The Balaban J connectivity index is 2.38. The monoisotopic (exact) mass is 311 g/mol. The third-order valence-electron chi connectivity index (χ3n) is 4.03. The van der Waals surface area contributed by atoms with Gasteiger partial charge in [0.15, 0.2) is 0 Å². The first-order chi connectivity index (χ1) is 9.73. The van der Waals surface area contributed by atoms with Crippen LogP contribution < -0.4 is 11.5 Å². The quantitative estimate of drug-likeness (QED) is 0.804. The number of benzene rings is 1. The number of nitrogens with zero attached hydrogens (tertiary/aromatic N) is 1. The highest BCUT2D eigenvalue weighted by Gasteiger charge is 2.33. The average molecular weight is 311 g/mol. The van der Waals surface area contributed by atoms with Gasteiger partial charge in [0.05, 0.1) is 11.6 Å². The zero-order valence-corrected chi connectivity index (χ0v) is 13.1. The molecule has 0 aliphatic carbocycles. The summed E-state index contributed by atoms with van der Waals surface area (Å²) in [5.74, 6) is -0.885. The van der Waals surface area contributed by atoms with Crippen LogP contribution >= 0.6 is 0 Å². The van der Waals surface area contributed by atoms with Crippen molar-refractivity contribution in [3.05, 3.63) is 23.3 Å². The van der Waals surface area contributed by atoms with Crippen molar-refractivity contribution < 1.29 is 13.2 Å². The Labute approximate surface area is 125 Å². The highest BCUT2D eigenvalue weighted by molar-refractivity contribution is 7.89. The highest BCUT2D eigenvalue weighted by Crippen LogP contribution is 2.28. The summed E-state index contributed by atoms with van der Waals surface area (Å²) in [6.07, 6.45) is 1.25. The molecule has 1 aliphatic rings. The minimum Gasteiger partial charge on any atom is -0.398 e. The molecule has 6 nitrogen and oxygen atoms in total. The number of carbonyl (C=O) groups excluding carboxylic acids is 1. The van der Waals surface area contributed by atoms with E-state index in [9.17, 15) is 13.2 Å². The topological polar surface area (TPSA) is 106 Å². The molecule has 0 aromatic heterocycles. The predicted molar refractivity (Wildman–Crippen MR) is 81.0 cm³/mol. The lowest BCUT2D eigenvalue weighted by Gasteiger charge is -2.30. The molecule has 4 N–H and O–H groups in total. The van der Waals surface area contributed by atoms with Crippen LogP contribution in [0.2, 0.25) is 0 Å². The summed E-state index contributed by atoms with van der Waals surface area (Å²) in [6.45, 7) is 4.24. The second-order valence-corrected chi connectivity index (χ2v) is 7.49. The van der Waals surface area contributed by atoms with E-state index >= 15 is 0 Å². The van der Waals surface area contributed by atoms with Crippen molar-refractivity contribution in [2.45, 2.75) is 31.6 Å². The second kappa shape index (κ2) is 5.65. The first kappa shape index (κ1) is 15.8. The Morgan fingerprint density at radius 3 is 2.52 bits per heavy atom. The normalized spacial score (nSPS) is 20.4. The molecule has 1 amide bonds. The molecule has 1 saturated heterocycles. The van der Waals surface area contributed by atoms with Crippen molar-refractivity contribution in [3.8, 4) is 0 Å². The fourth-order valence-corrected chi connectivity index (χ4v) is 4.27. The number of hydrogen-bond donors (Lipinski definition) is 2. The Morgan fingerprint density at radius 2 is 1.90 bits per heavy atom. The molecule has 1 aromatic rings. The molecule has 1 fully saturated rings. The van der Waals surface area contributed by atoms with Gasteiger partial charge in [-0.2, -0.15) is 4.31 Å².